The Morgan fingerprint density at radius 3 is 2.72 bits per heavy atom. The lowest BCUT2D eigenvalue weighted by atomic mass is 10.0. The predicted octanol–water partition coefficient (Wildman–Crippen LogP) is 2.89. The summed E-state index contributed by atoms with van der Waals surface area (Å²) >= 11 is 0. The summed E-state index contributed by atoms with van der Waals surface area (Å²) in [4.78, 5) is 34.2. The van der Waals surface area contributed by atoms with Crippen LogP contribution in [0.15, 0.2) is 36.4 Å². The lowest BCUT2D eigenvalue weighted by molar-refractivity contribution is -0.384. The van der Waals surface area contributed by atoms with Gasteiger partial charge in [-0.05, 0) is 42.7 Å². The van der Waals surface area contributed by atoms with Crippen LogP contribution in [0, 0.1) is 17.0 Å². The highest BCUT2D eigenvalue weighted by Crippen LogP contribution is 2.26. The van der Waals surface area contributed by atoms with Gasteiger partial charge in [-0.3, -0.25) is 19.7 Å². The van der Waals surface area contributed by atoms with Crippen LogP contribution in [-0.4, -0.2) is 16.7 Å². The van der Waals surface area contributed by atoms with Gasteiger partial charge in [0.1, 0.15) is 0 Å². The van der Waals surface area contributed by atoms with Crippen LogP contribution in [0.5, 0.6) is 0 Å². The molecule has 128 valence electrons. The highest BCUT2D eigenvalue weighted by atomic mass is 16.6. The van der Waals surface area contributed by atoms with Gasteiger partial charge < -0.3 is 10.6 Å². The Morgan fingerprint density at radius 1 is 1.28 bits per heavy atom. The molecule has 0 saturated carbocycles. The van der Waals surface area contributed by atoms with Gasteiger partial charge in [-0.25, -0.2) is 0 Å². The van der Waals surface area contributed by atoms with Gasteiger partial charge >= 0.3 is 0 Å². The summed E-state index contributed by atoms with van der Waals surface area (Å²) in [5.41, 5.74) is 3.51. The van der Waals surface area contributed by atoms with Crippen molar-refractivity contribution in [3.8, 4) is 0 Å². The second-order valence-corrected chi connectivity index (χ2v) is 6.09. The molecule has 1 heterocycles. The zero-order valence-corrected chi connectivity index (χ0v) is 13.8. The number of nitro benzene ring substituents is 1. The third kappa shape index (κ3) is 3.35. The Balaban J connectivity index is 1.76. The zero-order valence-electron chi connectivity index (χ0n) is 13.8. The summed E-state index contributed by atoms with van der Waals surface area (Å²) in [5, 5.41) is 16.5. The number of benzene rings is 2. The Bertz CT molecular complexity index is 892. The van der Waals surface area contributed by atoms with E-state index in [2.05, 4.69) is 10.6 Å². The number of non-ortho nitro benzene ring substituents is 1. The van der Waals surface area contributed by atoms with E-state index >= 15 is 0 Å². The quantitative estimate of drug-likeness (QED) is 0.660. The van der Waals surface area contributed by atoms with Crippen molar-refractivity contribution >= 4 is 23.2 Å². The molecule has 0 unspecified atom stereocenters. The Kier molecular flexibility index (Phi) is 4.22. The lowest BCUT2D eigenvalue weighted by Crippen LogP contribution is -2.27. The zero-order chi connectivity index (χ0) is 18.1. The maximum atomic E-state index is 12.5. The molecule has 0 fully saturated rings. The van der Waals surface area contributed by atoms with Crippen LogP contribution >= 0.6 is 0 Å². The van der Waals surface area contributed by atoms with Gasteiger partial charge in [0.2, 0.25) is 5.91 Å². The lowest BCUT2D eigenvalue weighted by Gasteiger charge is -2.16. The molecule has 2 aromatic rings. The van der Waals surface area contributed by atoms with Gasteiger partial charge in [0.25, 0.3) is 11.6 Å². The van der Waals surface area contributed by atoms with Crippen molar-refractivity contribution in [2.45, 2.75) is 26.3 Å². The fraction of sp³-hybridized carbons (Fsp3) is 0.222. The van der Waals surface area contributed by atoms with Crippen LogP contribution in [-0.2, 0) is 11.2 Å². The molecule has 0 aromatic heterocycles. The van der Waals surface area contributed by atoms with E-state index in [1.807, 2.05) is 25.1 Å². The van der Waals surface area contributed by atoms with Crippen LogP contribution in [0.25, 0.3) is 0 Å². The number of amides is 2. The summed E-state index contributed by atoms with van der Waals surface area (Å²) in [7, 11) is 0. The monoisotopic (exact) mass is 339 g/mol. The van der Waals surface area contributed by atoms with Crippen LogP contribution < -0.4 is 10.6 Å². The van der Waals surface area contributed by atoms with E-state index in [1.165, 1.54) is 18.2 Å². The highest BCUT2D eigenvalue weighted by molar-refractivity contribution is 5.99. The minimum Gasteiger partial charge on any atom is -0.346 e. The highest BCUT2D eigenvalue weighted by Gasteiger charge is 2.20. The minimum atomic E-state index is -0.489. The first-order valence-corrected chi connectivity index (χ1v) is 7.83. The van der Waals surface area contributed by atoms with Crippen molar-refractivity contribution in [1.82, 2.24) is 5.32 Å². The molecule has 2 aromatic carbocycles. The Hall–Kier alpha value is -3.22. The number of carbonyl (C=O) groups excluding carboxylic acids is 2. The van der Waals surface area contributed by atoms with Gasteiger partial charge in [0, 0.05) is 23.4 Å². The molecule has 7 heteroatoms. The van der Waals surface area contributed by atoms with Crippen molar-refractivity contribution < 1.29 is 14.5 Å². The molecular weight excluding hydrogens is 322 g/mol. The number of anilines is 1. The SMILES string of the molecule is Cc1cc([N+](=O)[O-])ccc1C(=O)N[C@@H](C)c1ccc2c(c1)CC(=O)N2. The second-order valence-electron chi connectivity index (χ2n) is 6.09. The number of nitrogens with zero attached hydrogens (tertiary/aromatic N) is 1. The van der Waals surface area contributed by atoms with Crippen LogP contribution in [0.2, 0.25) is 0 Å². The molecular formula is C18H17N3O4. The van der Waals surface area contributed by atoms with E-state index in [4.69, 9.17) is 0 Å². The number of hydrogen-bond acceptors (Lipinski definition) is 4. The average Bonchev–Trinajstić information content (AvgIpc) is 2.93. The first kappa shape index (κ1) is 16.6. The van der Waals surface area contributed by atoms with E-state index in [9.17, 15) is 19.7 Å². The number of nitro groups is 1. The number of hydrogen-bond donors (Lipinski definition) is 2. The van der Waals surface area contributed by atoms with Gasteiger partial charge in [-0.1, -0.05) is 12.1 Å². The molecule has 2 amide bonds. The van der Waals surface area contributed by atoms with Crippen molar-refractivity contribution in [1.29, 1.82) is 0 Å². The number of nitrogens with one attached hydrogen (secondary N) is 2. The van der Waals surface area contributed by atoms with E-state index in [0.717, 1.165) is 16.8 Å². The van der Waals surface area contributed by atoms with Gasteiger partial charge in [0.05, 0.1) is 17.4 Å². The second kappa shape index (κ2) is 6.35. The maximum absolute atomic E-state index is 12.5. The van der Waals surface area contributed by atoms with Gasteiger partial charge in [0.15, 0.2) is 0 Å². The molecule has 1 aliphatic heterocycles. The molecule has 0 aliphatic carbocycles. The molecule has 3 rings (SSSR count). The van der Waals surface area contributed by atoms with Crippen molar-refractivity contribution in [3.05, 3.63) is 68.8 Å². The van der Waals surface area contributed by atoms with Crippen molar-refractivity contribution in [2.24, 2.45) is 0 Å². The molecule has 0 radical (unpaired) electrons. The number of aryl methyl sites for hydroxylation is 1. The molecule has 0 bridgehead atoms. The molecule has 1 aliphatic rings. The maximum Gasteiger partial charge on any atom is 0.269 e. The summed E-state index contributed by atoms with van der Waals surface area (Å²) in [6, 6.07) is 9.49. The Labute approximate surface area is 144 Å². The molecule has 1 atom stereocenters. The minimum absolute atomic E-state index is 0.0367. The normalized spacial score (nSPS) is 13.8. The van der Waals surface area contributed by atoms with Crippen molar-refractivity contribution in [3.63, 3.8) is 0 Å². The first-order chi connectivity index (χ1) is 11.8. The third-order valence-electron chi connectivity index (χ3n) is 4.27. The third-order valence-corrected chi connectivity index (χ3v) is 4.27. The summed E-state index contributed by atoms with van der Waals surface area (Å²) in [5.74, 6) is -0.333. The summed E-state index contributed by atoms with van der Waals surface area (Å²) in [6.07, 6.45) is 0.339. The number of carbonyl (C=O) groups is 2. The predicted molar refractivity (Wildman–Crippen MR) is 92.5 cm³/mol. The topological polar surface area (TPSA) is 101 Å². The van der Waals surface area contributed by atoms with Gasteiger partial charge in [-0.2, -0.15) is 0 Å². The van der Waals surface area contributed by atoms with E-state index in [1.54, 1.807) is 6.92 Å². The van der Waals surface area contributed by atoms with Crippen molar-refractivity contribution in [2.75, 3.05) is 5.32 Å². The fourth-order valence-corrected chi connectivity index (χ4v) is 2.89. The molecule has 0 spiro atoms. The largest absolute Gasteiger partial charge is 0.346 e. The smallest absolute Gasteiger partial charge is 0.269 e. The summed E-state index contributed by atoms with van der Waals surface area (Å²) < 4.78 is 0. The van der Waals surface area contributed by atoms with Crippen LogP contribution in [0.4, 0.5) is 11.4 Å². The Morgan fingerprint density at radius 2 is 2.04 bits per heavy atom. The van der Waals surface area contributed by atoms with Crippen LogP contribution in [0.1, 0.15) is 40.0 Å². The van der Waals surface area contributed by atoms with Gasteiger partial charge in [-0.15, -0.1) is 0 Å². The number of rotatable bonds is 4. The summed E-state index contributed by atoms with van der Waals surface area (Å²) in [6.45, 7) is 3.52. The molecule has 0 saturated heterocycles. The average molecular weight is 339 g/mol. The molecule has 7 nitrogen and oxygen atoms in total. The molecule has 25 heavy (non-hydrogen) atoms. The number of fused-ring (bicyclic) bond motifs is 1. The first-order valence-electron chi connectivity index (χ1n) is 7.83. The fourth-order valence-electron chi connectivity index (χ4n) is 2.89. The van der Waals surface area contributed by atoms with Crippen LogP contribution in [0.3, 0.4) is 0 Å². The van der Waals surface area contributed by atoms with E-state index in [-0.39, 0.29) is 23.5 Å². The standard InChI is InChI=1S/C18H17N3O4/c1-10-7-14(21(24)25)4-5-15(10)18(23)19-11(2)12-3-6-16-13(8-12)9-17(22)20-16/h3-8,11H,9H2,1-2H3,(H,19,23)(H,20,22)/t11-/m0/s1. The molecule has 2 N–H and O–H groups in total. The van der Waals surface area contributed by atoms with E-state index in [0.29, 0.717) is 17.5 Å². The van der Waals surface area contributed by atoms with E-state index < -0.39 is 4.92 Å².